The lowest BCUT2D eigenvalue weighted by atomic mass is 9.68. The Morgan fingerprint density at radius 3 is 2.50 bits per heavy atom. The maximum Gasteiger partial charge on any atom is -0.00766 e. The van der Waals surface area contributed by atoms with Crippen LogP contribution in [-0.4, -0.2) is 0 Å². The zero-order valence-electron chi connectivity index (χ0n) is 11.0. The highest BCUT2D eigenvalue weighted by Gasteiger charge is 2.63. The van der Waals surface area contributed by atoms with Gasteiger partial charge in [-0.25, -0.2) is 0 Å². The summed E-state index contributed by atoms with van der Waals surface area (Å²) in [6, 6.07) is 0. The fourth-order valence-corrected chi connectivity index (χ4v) is 5.25. The van der Waals surface area contributed by atoms with Gasteiger partial charge in [0, 0.05) is 0 Å². The van der Waals surface area contributed by atoms with Crippen LogP contribution in [0.4, 0.5) is 0 Å². The van der Waals surface area contributed by atoms with Gasteiger partial charge in [-0.3, -0.25) is 0 Å². The molecule has 16 heavy (non-hydrogen) atoms. The maximum absolute atomic E-state index is 4.47. The molecule has 0 aromatic rings. The van der Waals surface area contributed by atoms with E-state index in [1.54, 1.807) is 5.57 Å². The standard InChI is InChI=1S/C16H24/c1-10-6-7-12-11(2)16(5)9-8-15(3,4)14(16)13(10)12/h12-14H,1-2,6-9H2,3-5H3/t12-,13-,14-,16-/m1/s1. The molecule has 3 fully saturated rings. The summed E-state index contributed by atoms with van der Waals surface area (Å²) in [6.07, 6.45) is 5.29. The summed E-state index contributed by atoms with van der Waals surface area (Å²) in [4.78, 5) is 0. The Balaban J connectivity index is 2.11. The van der Waals surface area contributed by atoms with E-state index in [0.717, 1.165) is 17.8 Å². The molecule has 0 aromatic heterocycles. The van der Waals surface area contributed by atoms with Gasteiger partial charge in [0.25, 0.3) is 0 Å². The summed E-state index contributed by atoms with van der Waals surface area (Å²) in [5.41, 5.74) is 3.99. The Morgan fingerprint density at radius 1 is 1.12 bits per heavy atom. The Hall–Kier alpha value is -0.520. The van der Waals surface area contributed by atoms with Gasteiger partial charge in [-0.2, -0.15) is 0 Å². The first-order chi connectivity index (χ1) is 7.38. The minimum Gasteiger partial charge on any atom is -0.0995 e. The third-order valence-electron chi connectivity index (χ3n) is 6.04. The van der Waals surface area contributed by atoms with Gasteiger partial charge < -0.3 is 0 Å². The number of hydrogen-bond donors (Lipinski definition) is 0. The highest BCUT2D eigenvalue weighted by Crippen LogP contribution is 2.71. The second-order valence-electron chi connectivity index (χ2n) is 7.24. The smallest absolute Gasteiger partial charge is 0.00766 e. The molecule has 0 heteroatoms. The van der Waals surface area contributed by atoms with Crippen molar-refractivity contribution in [2.75, 3.05) is 0 Å². The van der Waals surface area contributed by atoms with Gasteiger partial charge in [0.15, 0.2) is 0 Å². The third-order valence-corrected chi connectivity index (χ3v) is 6.04. The van der Waals surface area contributed by atoms with Crippen molar-refractivity contribution < 1.29 is 0 Å². The van der Waals surface area contributed by atoms with E-state index in [9.17, 15) is 0 Å². The first-order valence-corrected chi connectivity index (χ1v) is 6.75. The first kappa shape index (κ1) is 10.6. The predicted molar refractivity (Wildman–Crippen MR) is 69.1 cm³/mol. The van der Waals surface area contributed by atoms with Gasteiger partial charge >= 0.3 is 0 Å². The van der Waals surface area contributed by atoms with Crippen molar-refractivity contribution in [1.82, 2.24) is 0 Å². The second kappa shape index (κ2) is 2.83. The summed E-state index contributed by atoms with van der Waals surface area (Å²) in [6.45, 7) is 16.2. The van der Waals surface area contributed by atoms with Gasteiger partial charge in [-0.05, 0) is 54.3 Å². The van der Waals surface area contributed by atoms with E-state index in [2.05, 4.69) is 33.9 Å². The van der Waals surface area contributed by atoms with Gasteiger partial charge in [-0.15, -0.1) is 0 Å². The van der Waals surface area contributed by atoms with Crippen molar-refractivity contribution in [2.24, 2.45) is 28.6 Å². The van der Waals surface area contributed by atoms with Crippen LogP contribution < -0.4 is 0 Å². The molecule has 0 aliphatic heterocycles. The fraction of sp³-hybridized carbons (Fsp3) is 0.750. The van der Waals surface area contributed by atoms with Crippen LogP contribution in [0.3, 0.4) is 0 Å². The molecule has 0 amide bonds. The predicted octanol–water partition coefficient (Wildman–Crippen LogP) is 4.58. The molecule has 0 aromatic carbocycles. The largest absolute Gasteiger partial charge is 0.0995 e. The number of allylic oxidation sites excluding steroid dienone is 2. The molecule has 0 unspecified atom stereocenters. The fourth-order valence-electron chi connectivity index (χ4n) is 5.25. The molecule has 3 saturated carbocycles. The minimum atomic E-state index is 0.419. The lowest BCUT2D eigenvalue weighted by Gasteiger charge is -2.36. The van der Waals surface area contributed by atoms with Crippen molar-refractivity contribution in [3.8, 4) is 0 Å². The van der Waals surface area contributed by atoms with Crippen LogP contribution in [0.5, 0.6) is 0 Å². The van der Waals surface area contributed by atoms with E-state index in [1.165, 1.54) is 31.3 Å². The number of rotatable bonds is 0. The van der Waals surface area contributed by atoms with Crippen molar-refractivity contribution in [1.29, 1.82) is 0 Å². The third kappa shape index (κ3) is 1.02. The molecule has 0 saturated heterocycles. The van der Waals surface area contributed by atoms with Crippen molar-refractivity contribution >= 4 is 0 Å². The average molecular weight is 216 g/mol. The Morgan fingerprint density at radius 2 is 1.81 bits per heavy atom. The molecule has 3 aliphatic rings. The second-order valence-corrected chi connectivity index (χ2v) is 7.24. The molecule has 3 aliphatic carbocycles. The van der Waals surface area contributed by atoms with Crippen molar-refractivity contribution in [2.45, 2.75) is 46.5 Å². The van der Waals surface area contributed by atoms with Gasteiger partial charge in [0.05, 0.1) is 0 Å². The Labute approximate surface area is 99.8 Å². The van der Waals surface area contributed by atoms with E-state index in [4.69, 9.17) is 0 Å². The topological polar surface area (TPSA) is 0 Å². The van der Waals surface area contributed by atoms with Crippen LogP contribution in [-0.2, 0) is 0 Å². The highest BCUT2D eigenvalue weighted by atomic mass is 14.7. The van der Waals surface area contributed by atoms with Crippen LogP contribution in [0.15, 0.2) is 24.3 Å². The van der Waals surface area contributed by atoms with Gasteiger partial charge in [0.1, 0.15) is 0 Å². The highest BCUT2D eigenvalue weighted by molar-refractivity contribution is 5.35. The van der Waals surface area contributed by atoms with Crippen LogP contribution in [0.25, 0.3) is 0 Å². The zero-order chi connectivity index (χ0) is 11.7. The number of fused-ring (bicyclic) bond motifs is 3. The molecule has 0 spiro atoms. The normalized spacial score (nSPS) is 49.6. The molecule has 4 atom stereocenters. The van der Waals surface area contributed by atoms with Gasteiger partial charge in [0.2, 0.25) is 0 Å². The molecular weight excluding hydrogens is 192 g/mol. The molecule has 3 rings (SSSR count). The quantitative estimate of drug-likeness (QED) is 0.520. The summed E-state index contributed by atoms with van der Waals surface area (Å²) < 4.78 is 0. The Bertz CT molecular complexity index is 373. The maximum atomic E-state index is 4.47. The molecule has 0 nitrogen and oxygen atoms in total. The van der Waals surface area contributed by atoms with Crippen molar-refractivity contribution in [3.63, 3.8) is 0 Å². The van der Waals surface area contributed by atoms with E-state index >= 15 is 0 Å². The van der Waals surface area contributed by atoms with Crippen LogP contribution in [0, 0.1) is 28.6 Å². The summed E-state index contributed by atoms with van der Waals surface area (Å²) in [5.74, 6) is 2.34. The molecule has 88 valence electrons. The molecule has 0 radical (unpaired) electrons. The molecule has 0 bridgehead atoms. The van der Waals surface area contributed by atoms with Crippen molar-refractivity contribution in [3.05, 3.63) is 24.3 Å². The lowest BCUT2D eigenvalue weighted by molar-refractivity contribution is 0.155. The first-order valence-electron chi connectivity index (χ1n) is 6.75. The van der Waals surface area contributed by atoms with Crippen LogP contribution >= 0.6 is 0 Å². The van der Waals surface area contributed by atoms with E-state index < -0.39 is 0 Å². The summed E-state index contributed by atoms with van der Waals surface area (Å²) >= 11 is 0. The monoisotopic (exact) mass is 216 g/mol. The lowest BCUT2D eigenvalue weighted by Crippen LogP contribution is -2.30. The molecule has 0 N–H and O–H groups in total. The SMILES string of the molecule is C=C1CC[C@@H]2C(=C)[C@@]3(C)CCC(C)(C)[C@H]3[C@H]12. The molecule has 0 heterocycles. The minimum absolute atomic E-state index is 0.419. The summed E-state index contributed by atoms with van der Waals surface area (Å²) in [7, 11) is 0. The van der Waals surface area contributed by atoms with Gasteiger partial charge in [-0.1, -0.05) is 45.1 Å². The zero-order valence-corrected chi connectivity index (χ0v) is 11.0. The molecular formula is C16H24. The van der Waals surface area contributed by atoms with Crippen LogP contribution in [0.1, 0.15) is 46.5 Å². The summed E-state index contributed by atoms with van der Waals surface area (Å²) in [5, 5.41) is 0. The average Bonchev–Trinajstić information content (AvgIpc) is 2.73. The number of hydrogen-bond acceptors (Lipinski definition) is 0. The van der Waals surface area contributed by atoms with E-state index in [1.807, 2.05) is 0 Å². The van der Waals surface area contributed by atoms with Crippen LogP contribution in [0.2, 0.25) is 0 Å². The Kier molecular flexibility index (Phi) is 1.88. The van der Waals surface area contributed by atoms with E-state index in [0.29, 0.717) is 10.8 Å². The van der Waals surface area contributed by atoms with E-state index in [-0.39, 0.29) is 0 Å².